The third-order valence-electron chi connectivity index (χ3n) is 13.4. The SMILES string of the molecule is COC(=O)N[C@H](C(=O)N(Cc1nc2ccc3cc(-c4ccc(-c5[nH]c([C@H](C)N(C(=O)[C@@H](NC(=O)OC)C(C)C)[C@@H]6C(C)[C@@H]6C)nc5Cl)c(F)c4)ccc3c2[nH]1)[C@H]1C(C)[C@@H]1C)C(C)C. The number of amides is 4. The minimum Gasteiger partial charge on any atom is -0.453 e. The maximum Gasteiger partial charge on any atom is 0.407 e. The lowest BCUT2D eigenvalue weighted by Gasteiger charge is -2.34. The highest BCUT2D eigenvalue weighted by molar-refractivity contribution is 6.32. The van der Waals surface area contributed by atoms with E-state index >= 15 is 4.39 Å². The summed E-state index contributed by atoms with van der Waals surface area (Å²) in [6, 6.07) is 12.5. The number of halogens is 2. The molecule has 4 N–H and O–H groups in total. The number of nitrogens with one attached hydrogen (secondary N) is 4. The Morgan fingerprint density at radius 2 is 1.33 bits per heavy atom. The van der Waals surface area contributed by atoms with Crippen molar-refractivity contribution >= 4 is 57.4 Å². The van der Waals surface area contributed by atoms with Crippen LogP contribution in [0, 0.1) is 41.3 Å². The molecule has 2 fully saturated rings. The first-order valence-electron chi connectivity index (χ1n) is 21.6. The molecule has 7 rings (SSSR count). The monoisotopic (exact) mass is 884 g/mol. The second kappa shape index (κ2) is 17.8. The summed E-state index contributed by atoms with van der Waals surface area (Å²) in [4.78, 5) is 72.2. The number of carbonyl (C=O) groups is 4. The van der Waals surface area contributed by atoms with E-state index in [0.29, 0.717) is 34.7 Å². The Kier molecular flexibility index (Phi) is 12.8. The highest BCUT2D eigenvalue weighted by atomic mass is 35.5. The Hall–Kier alpha value is -5.70. The molecule has 0 saturated heterocycles. The molecule has 9 atom stereocenters. The molecule has 14 nitrogen and oxygen atoms in total. The molecule has 16 heteroatoms. The lowest BCUT2D eigenvalue weighted by molar-refractivity contribution is -0.138. The number of rotatable bonds is 14. The summed E-state index contributed by atoms with van der Waals surface area (Å²) in [6.45, 7) is 18.0. The van der Waals surface area contributed by atoms with E-state index in [-0.39, 0.29) is 64.8 Å². The van der Waals surface area contributed by atoms with Gasteiger partial charge in [0.2, 0.25) is 11.8 Å². The van der Waals surface area contributed by atoms with Gasteiger partial charge in [-0.05, 0) is 83.2 Å². The van der Waals surface area contributed by atoms with Crippen LogP contribution in [0.5, 0.6) is 0 Å². The molecule has 2 aliphatic carbocycles. The fourth-order valence-electron chi connectivity index (χ4n) is 9.06. The van der Waals surface area contributed by atoms with Crippen molar-refractivity contribution in [3.8, 4) is 22.4 Å². The van der Waals surface area contributed by atoms with Crippen LogP contribution in [0.2, 0.25) is 5.15 Å². The summed E-state index contributed by atoms with van der Waals surface area (Å²) in [5.74, 6) is 0.742. The molecule has 2 aliphatic rings. The molecular formula is C47H58ClFN8O6. The molecule has 2 aromatic heterocycles. The van der Waals surface area contributed by atoms with Crippen molar-refractivity contribution in [3.05, 3.63) is 71.2 Å². The first kappa shape index (κ1) is 45.3. The molecule has 63 heavy (non-hydrogen) atoms. The number of alkyl carbamates (subject to hydrolysis) is 2. The van der Waals surface area contributed by atoms with Gasteiger partial charge in [0.1, 0.15) is 29.5 Å². The zero-order valence-corrected chi connectivity index (χ0v) is 38.4. The van der Waals surface area contributed by atoms with Crippen molar-refractivity contribution in [3.63, 3.8) is 0 Å². The summed E-state index contributed by atoms with van der Waals surface area (Å²) >= 11 is 6.70. The van der Waals surface area contributed by atoms with Crippen molar-refractivity contribution in [2.24, 2.45) is 35.5 Å². The number of aromatic amines is 2. The quantitative estimate of drug-likeness (QED) is 0.0856. The van der Waals surface area contributed by atoms with Crippen LogP contribution < -0.4 is 10.6 Å². The van der Waals surface area contributed by atoms with Gasteiger partial charge in [0.25, 0.3) is 0 Å². The fraction of sp³-hybridized carbons (Fsp3) is 0.489. The molecule has 0 aliphatic heterocycles. The van der Waals surface area contributed by atoms with E-state index in [2.05, 4.69) is 53.3 Å². The van der Waals surface area contributed by atoms with E-state index in [1.807, 2.05) is 75.9 Å². The molecular weight excluding hydrogens is 827 g/mol. The van der Waals surface area contributed by atoms with Crippen LogP contribution in [0.4, 0.5) is 14.0 Å². The highest BCUT2D eigenvalue weighted by Crippen LogP contribution is 2.47. The lowest BCUT2D eigenvalue weighted by Crippen LogP contribution is -2.53. The van der Waals surface area contributed by atoms with Gasteiger partial charge in [-0.25, -0.2) is 23.9 Å². The Morgan fingerprint density at radius 1 is 0.762 bits per heavy atom. The number of carbonyl (C=O) groups excluding carboxylic acids is 4. The van der Waals surface area contributed by atoms with Crippen LogP contribution in [0.25, 0.3) is 44.2 Å². The predicted molar refractivity (Wildman–Crippen MR) is 240 cm³/mol. The number of hydrogen-bond donors (Lipinski definition) is 4. The molecule has 0 radical (unpaired) electrons. The van der Waals surface area contributed by atoms with E-state index in [1.165, 1.54) is 20.3 Å². The third-order valence-corrected chi connectivity index (χ3v) is 13.7. The normalized spacial score (nSPS) is 21.8. The molecule has 2 unspecified atom stereocenters. The van der Waals surface area contributed by atoms with Crippen LogP contribution in [-0.4, -0.2) is 92.1 Å². The molecule has 4 amide bonds. The van der Waals surface area contributed by atoms with E-state index in [1.54, 1.807) is 11.0 Å². The first-order chi connectivity index (χ1) is 29.9. The maximum atomic E-state index is 16.2. The fourth-order valence-corrected chi connectivity index (χ4v) is 9.30. The van der Waals surface area contributed by atoms with Gasteiger partial charge >= 0.3 is 12.2 Å². The molecule has 2 heterocycles. The van der Waals surface area contributed by atoms with Gasteiger partial charge in [-0.1, -0.05) is 91.3 Å². The van der Waals surface area contributed by atoms with Crippen molar-refractivity contribution in [1.29, 1.82) is 0 Å². The second-order valence-corrected chi connectivity index (χ2v) is 18.4. The number of imidazole rings is 2. The molecule has 5 aromatic rings. The van der Waals surface area contributed by atoms with Gasteiger partial charge in [-0.15, -0.1) is 0 Å². The minimum absolute atomic E-state index is 0.00875. The van der Waals surface area contributed by atoms with Crippen molar-refractivity contribution in [2.45, 2.75) is 99.1 Å². The Labute approximate surface area is 372 Å². The number of benzene rings is 3. The van der Waals surface area contributed by atoms with Gasteiger partial charge in [0, 0.05) is 23.0 Å². The van der Waals surface area contributed by atoms with Crippen molar-refractivity contribution in [2.75, 3.05) is 14.2 Å². The summed E-state index contributed by atoms with van der Waals surface area (Å²) in [7, 11) is 2.53. The summed E-state index contributed by atoms with van der Waals surface area (Å²) in [6.07, 6.45) is -1.35. The third kappa shape index (κ3) is 8.81. The van der Waals surface area contributed by atoms with Crippen LogP contribution >= 0.6 is 11.6 Å². The minimum atomic E-state index is -0.831. The number of nitrogens with zero attached hydrogens (tertiary/aromatic N) is 4. The van der Waals surface area contributed by atoms with Crippen molar-refractivity contribution in [1.82, 2.24) is 40.4 Å². The molecule has 2 saturated carbocycles. The zero-order valence-electron chi connectivity index (χ0n) is 37.7. The number of H-pyrrole nitrogens is 2. The Balaban J connectivity index is 1.13. The van der Waals surface area contributed by atoms with Crippen LogP contribution in [0.15, 0.2) is 48.5 Å². The summed E-state index contributed by atoms with van der Waals surface area (Å²) in [5.41, 5.74) is 3.53. The first-order valence-corrected chi connectivity index (χ1v) is 22.0. The molecule has 336 valence electrons. The largest absolute Gasteiger partial charge is 0.453 e. The summed E-state index contributed by atoms with van der Waals surface area (Å²) in [5, 5.41) is 7.31. The predicted octanol–water partition coefficient (Wildman–Crippen LogP) is 8.85. The topological polar surface area (TPSA) is 175 Å². The average Bonchev–Trinajstić information content (AvgIpc) is 3.81. The zero-order chi connectivity index (χ0) is 45.8. The van der Waals surface area contributed by atoms with E-state index in [0.717, 1.165) is 27.4 Å². The van der Waals surface area contributed by atoms with Crippen LogP contribution in [0.3, 0.4) is 0 Å². The Morgan fingerprint density at radius 3 is 1.89 bits per heavy atom. The van der Waals surface area contributed by atoms with Crippen LogP contribution in [0.1, 0.15) is 80.0 Å². The standard InChI is InChI=1S/C47H58ClFN8O6/c1-21(2)36(53-46(60)62-10)44(58)56(40-23(5)24(40)6)20-35-50-34-17-14-30-18-28(12-15-31(30)38(34)51-35)29-13-16-32(33(49)19-29)39-42(48)55-43(52-39)27(9)57(41-25(7)26(41)8)45(59)37(22(3)4)54-47(61)63-11/h12-19,21-27,36-37,40-41H,20H2,1-11H3,(H,50,51)(H,52,55)(H,53,60)(H,54,61)/t23-,24?,25-,26?,27-,36-,37-,40+,41-/m0/s1. The van der Waals surface area contributed by atoms with Gasteiger partial charge < -0.3 is 39.9 Å². The smallest absolute Gasteiger partial charge is 0.407 e. The van der Waals surface area contributed by atoms with Gasteiger partial charge in [-0.3, -0.25) is 9.59 Å². The average molecular weight is 885 g/mol. The van der Waals surface area contributed by atoms with Crippen molar-refractivity contribution < 1.29 is 33.0 Å². The van der Waals surface area contributed by atoms with E-state index in [9.17, 15) is 19.2 Å². The number of aromatic nitrogens is 4. The second-order valence-electron chi connectivity index (χ2n) is 18.1. The Bertz CT molecular complexity index is 2540. The number of ether oxygens (including phenoxy) is 2. The van der Waals surface area contributed by atoms with Crippen LogP contribution in [-0.2, 0) is 25.6 Å². The number of hydrogen-bond acceptors (Lipinski definition) is 8. The van der Waals surface area contributed by atoms with E-state index in [4.69, 9.17) is 26.1 Å². The lowest BCUT2D eigenvalue weighted by atomic mass is 9.99. The number of fused-ring (bicyclic) bond motifs is 3. The maximum absolute atomic E-state index is 16.2. The summed E-state index contributed by atoms with van der Waals surface area (Å²) < 4.78 is 25.8. The molecule has 0 bridgehead atoms. The van der Waals surface area contributed by atoms with Gasteiger partial charge in [-0.2, -0.15) is 0 Å². The highest BCUT2D eigenvalue weighted by Gasteiger charge is 2.53. The number of methoxy groups -OCH3 is 2. The van der Waals surface area contributed by atoms with E-state index < -0.39 is 36.1 Å². The molecule has 0 spiro atoms. The molecule has 3 aromatic carbocycles. The van der Waals surface area contributed by atoms with Gasteiger partial charge in [0.05, 0.1) is 43.5 Å². The van der Waals surface area contributed by atoms with Gasteiger partial charge in [0.15, 0.2) is 5.15 Å².